The zero-order valence-corrected chi connectivity index (χ0v) is 11.3. The van der Waals surface area contributed by atoms with E-state index in [4.69, 9.17) is 9.47 Å². The largest absolute Gasteiger partial charge is 0.497 e. The van der Waals surface area contributed by atoms with Crippen LogP contribution < -0.4 is 10.1 Å². The summed E-state index contributed by atoms with van der Waals surface area (Å²) >= 11 is 0. The minimum atomic E-state index is -4.60. The molecule has 7 heteroatoms. The quantitative estimate of drug-likeness (QED) is 0.906. The number of carbonyl (C=O) groups is 1. The molecule has 0 bridgehead atoms. The lowest BCUT2D eigenvalue weighted by Gasteiger charge is -2.23. The van der Waals surface area contributed by atoms with Gasteiger partial charge in [0.1, 0.15) is 11.9 Å². The first-order valence-corrected chi connectivity index (χ1v) is 5.83. The number of methoxy groups -OCH3 is 2. The van der Waals surface area contributed by atoms with E-state index in [2.05, 4.69) is 0 Å². The van der Waals surface area contributed by atoms with Crippen LogP contribution in [0.15, 0.2) is 24.3 Å². The van der Waals surface area contributed by atoms with Gasteiger partial charge in [0.15, 0.2) is 6.04 Å². The van der Waals surface area contributed by atoms with E-state index in [1.165, 1.54) is 45.4 Å². The minimum absolute atomic E-state index is 0.0741. The Kier molecular flexibility index (Phi) is 5.38. The van der Waals surface area contributed by atoms with E-state index in [0.29, 0.717) is 5.75 Å². The molecule has 0 saturated heterocycles. The number of carbonyl (C=O) groups excluding carboxylic acids is 1. The van der Waals surface area contributed by atoms with Crippen LogP contribution in [0.4, 0.5) is 13.2 Å². The second-order valence-electron chi connectivity index (χ2n) is 4.13. The van der Waals surface area contributed by atoms with Gasteiger partial charge in [-0.15, -0.1) is 0 Å². The monoisotopic (exact) mass is 291 g/mol. The van der Waals surface area contributed by atoms with Crippen molar-refractivity contribution in [2.24, 2.45) is 0 Å². The highest BCUT2D eigenvalue weighted by molar-refractivity contribution is 5.80. The number of amides is 1. The van der Waals surface area contributed by atoms with Crippen LogP contribution in [-0.4, -0.2) is 32.4 Å². The van der Waals surface area contributed by atoms with Crippen molar-refractivity contribution in [3.8, 4) is 5.75 Å². The molecule has 4 nitrogen and oxygen atoms in total. The van der Waals surface area contributed by atoms with Gasteiger partial charge in [0.05, 0.1) is 7.11 Å². The Labute approximate surface area is 114 Å². The number of rotatable bonds is 5. The maximum absolute atomic E-state index is 13.0. The second kappa shape index (κ2) is 6.60. The predicted octanol–water partition coefficient (Wildman–Crippen LogP) is 2.45. The second-order valence-corrected chi connectivity index (χ2v) is 4.13. The molecule has 1 rings (SSSR count). The number of alkyl halides is 3. The Morgan fingerprint density at radius 3 is 2.15 bits per heavy atom. The van der Waals surface area contributed by atoms with Crippen LogP contribution in [0.3, 0.4) is 0 Å². The molecule has 0 radical (unpaired) electrons. The van der Waals surface area contributed by atoms with Crippen molar-refractivity contribution in [1.29, 1.82) is 0 Å². The van der Waals surface area contributed by atoms with Crippen molar-refractivity contribution < 1.29 is 27.4 Å². The Bertz CT molecular complexity index is 445. The van der Waals surface area contributed by atoms with Gasteiger partial charge in [0, 0.05) is 7.11 Å². The predicted molar refractivity (Wildman–Crippen MR) is 66.4 cm³/mol. The van der Waals surface area contributed by atoms with Gasteiger partial charge in [0.25, 0.3) is 0 Å². The molecule has 0 aliphatic heterocycles. The Morgan fingerprint density at radius 1 is 1.20 bits per heavy atom. The maximum atomic E-state index is 13.0. The van der Waals surface area contributed by atoms with Crippen LogP contribution in [0.2, 0.25) is 0 Å². The van der Waals surface area contributed by atoms with E-state index in [9.17, 15) is 18.0 Å². The first-order chi connectivity index (χ1) is 9.29. The Balaban J connectivity index is 2.97. The third kappa shape index (κ3) is 4.12. The molecular weight excluding hydrogens is 275 g/mol. The van der Waals surface area contributed by atoms with Crippen LogP contribution in [-0.2, 0) is 9.53 Å². The molecule has 0 aromatic heterocycles. The van der Waals surface area contributed by atoms with Gasteiger partial charge in [-0.2, -0.15) is 13.2 Å². The van der Waals surface area contributed by atoms with E-state index in [1.807, 2.05) is 5.32 Å². The summed E-state index contributed by atoms with van der Waals surface area (Å²) in [5.74, 6) is -0.392. The summed E-state index contributed by atoms with van der Waals surface area (Å²) < 4.78 is 48.7. The number of hydrogen-bond acceptors (Lipinski definition) is 3. The van der Waals surface area contributed by atoms with Gasteiger partial charge in [-0.25, -0.2) is 0 Å². The maximum Gasteiger partial charge on any atom is 0.412 e. The van der Waals surface area contributed by atoms with Gasteiger partial charge >= 0.3 is 6.18 Å². The molecule has 2 atom stereocenters. The van der Waals surface area contributed by atoms with Gasteiger partial charge in [-0.05, 0) is 24.6 Å². The van der Waals surface area contributed by atoms with Crippen molar-refractivity contribution in [3.05, 3.63) is 29.8 Å². The van der Waals surface area contributed by atoms with E-state index in [-0.39, 0.29) is 5.56 Å². The number of halogens is 3. The number of nitrogens with one attached hydrogen (secondary N) is 1. The first kappa shape index (κ1) is 16.3. The highest BCUT2D eigenvalue weighted by Gasteiger charge is 2.42. The van der Waals surface area contributed by atoms with Crippen molar-refractivity contribution >= 4 is 5.91 Å². The van der Waals surface area contributed by atoms with Gasteiger partial charge < -0.3 is 14.8 Å². The van der Waals surface area contributed by atoms with Gasteiger partial charge in [-0.1, -0.05) is 12.1 Å². The fourth-order valence-electron chi connectivity index (χ4n) is 1.52. The lowest BCUT2D eigenvalue weighted by molar-refractivity contribution is -0.166. The number of ether oxygens (including phenoxy) is 2. The molecule has 0 aliphatic rings. The molecule has 1 N–H and O–H groups in total. The zero-order valence-electron chi connectivity index (χ0n) is 11.3. The fraction of sp³-hybridized carbons (Fsp3) is 0.462. The molecule has 1 aromatic rings. The highest BCUT2D eigenvalue weighted by atomic mass is 19.4. The first-order valence-electron chi connectivity index (χ1n) is 5.83. The summed E-state index contributed by atoms with van der Waals surface area (Å²) in [5, 5.41) is 1.93. The molecule has 0 aliphatic carbocycles. The molecule has 0 saturated carbocycles. The zero-order chi connectivity index (χ0) is 15.3. The third-order valence-corrected chi connectivity index (χ3v) is 2.79. The minimum Gasteiger partial charge on any atom is -0.497 e. The Morgan fingerprint density at radius 2 is 1.75 bits per heavy atom. The summed E-state index contributed by atoms with van der Waals surface area (Å²) in [4.78, 5) is 11.6. The topological polar surface area (TPSA) is 47.6 Å². The van der Waals surface area contributed by atoms with Crippen molar-refractivity contribution in [2.75, 3.05) is 14.2 Å². The smallest absolute Gasteiger partial charge is 0.412 e. The SMILES string of the molecule is COc1ccc([C@@H](NC(=O)[C@H](C)OC)C(F)(F)F)cc1. The normalized spacial score (nSPS) is 14.5. The molecule has 20 heavy (non-hydrogen) atoms. The molecule has 112 valence electrons. The van der Waals surface area contributed by atoms with E-state index >= 15 is 0 Å². The van der Waals surface area contributed by atoms with Crippen molar-refractivity contribution in [3.63, 3.8) is 0 Å². The average Bonchev–Trinajstić information content (AvgIpc) is 2.42. The van der Waals surface area contributed by atoms with Crippen LogP contribution in [0.25, 0.3) is 0 Å². The number of hydrogen-bond donors (Lipinski definition) is 1. The van der Waals surface area contributed by atoms with Gasteiger partial charge in [0.2, 0.25) is 5.91 Å². The van der Waals surface area contributed by atoms with Crippen molar-refractivity contribution in [2.45, 2.75) is 25.2 Å². The van der Waals surface area contributed by atoms with Crippen molar-refractivity contribution in [1.82, 2.24) is 5.32 Å². The molecule has 0 unspecified atom stereocenters. The van der Waals surface area contributed by atoms with Crippen LogP contribution in [0.5, 0.6) is 5.75 Å². The third-order valence-electron chi connectivity index (χ3n) is 2.79. The summed E-state index contributed by atoms with van der Waals surface area (Å²) in [6.45, 7) is 1.37. The molecular formula is C13H16F3NO3. The molecule has 0 heterocycles. The van der Waals surface area contributed by atoms with E-state index in [1.54, 1.807) is 0 Å². The molecule has 1 amide bonds. The Hall–Kier alpha value is -1.76. The van der Waals surface area contributed by atoms with Crippen LogP contribution in [0, 0.1) is 0 Å². The van der Waals surface area contributed by atoms with E-state index in [0.717, 1.165) is 0 Å². The average molecular weight is 291 g/mol. The van der Waals surface area contributed by atoms with Crippen LogP contribution >= 0.6 is 0 Å². The lowest BCUT2D eigenvalue weighted by Crippen LogP contribution is -2.42. The van der Waals surface area contributed by atoms with E-state index < -0.39 is 24.2 Å². The van der Waals surface area contributed by atoms with Crippen LogP contribution in [0.1, 0.15) is 18.5 Å². The molecule has 1 aromatic carbocycles. The molecule has 0 fully saturated rings. The summed E-state index contributed by atoms with van der Waals surface area (Å²) in [5.41, 5.74) is -0.0741. The number of benzene rings is 1. The summed E-state index contributed by atoms with van der Waals surface area (Å²) in [6.07, 6.45) is -5.56. The highest BCUT2D eigenvalue weighted by Crippen LogP contribution is 2.33. The lowest BCUT2D eigenvalue weighted by atomic mass is 10.1. The van der Waals surface area contributed by atoms with Gasteiger partial charge in [-0.3, -0.25) is 4.79 Å². The standard InChI is InChI=1S/C13H16F3NO3/c1-8(19-2)12(18)17-11(13(14,15)16)9-4-6-10(20-3)7-5-9/h4-8,11H,1-3H3,(H,17,18)/t8-,11+/m0/s1. The fourth-order valence-corrected chi connectivity index (χ4v) is 1.52. The summed E-state index contributed by atoms with van der Waals surface area (Å²) in [7, 11) is 2.67. The molecule has 0 spiro atoms. The summed E-state index contributed by atoms with van der Waals surface area (Å²) in [6, 6.07) is 3.24.